The van der Waals surface area contributed by atoms with E-state index in [1.165, 1.54) is 5.69 Å². The Morgan fingerprint density at radius 3 is 2.62 bits per heavy atom. The lowest BCUT2D eigenvalue weighted by molar-refractivity contribution is 0.0987. The van der Waals surface area contributed by atoms with Crippen LogP contribution in [0.5, 0.6) is 0 Å². The number of hydrogen-bond donors (Lipinski definition) is 1. The van der Waals surface area contributed by atoms with E-state index in [4.69, 9.17) is 17.3 Å². The van der Waals surface area contributed by atoms with Gasteiger partial charge in [-0.15, -0.1) is 0 Å². The number of hydrogen-bond acceptors (Lipinski definition) is 2. The SMILES string of the molecule is Nc1ccc(C(=O)N2CCc3cccn3-c3ccccc32)c(Cl)c1. The fourth-order valence-electron chi connectivity index (χ4n) is 3.16. The molecule has 1 aliphatic rings. The first-order chi connectivity index (χ1) is 11.6. The van der Waals surface area contributed by atoms with Crippen molar-refractivity contribution in [1.29, 1.82) is 0 Å². The number of carbonyl (C=O) groups excluding carboxylic acids is 1. The minimum atomic E-state index is -0.113. The van der Waals surface area contributed by atoms with E-state index in [0.717, 1.165) is 17.8 Å². The zero-order chi connectivity index (χ0) is 16.7. The highest BCUT2D eigenvalue weighted by atomic mass is 35.5. The van der Waals surface area contributed by atoms with Gasteiger partial charge in [-0.3, -0.25) is 4.79 Å². The highest BCUT2D eigenvalue weighted by molar-refractivity contribution is 6.34. The number of halogens is 1. The van der Waals surface area contributed by atoms with Crippen molar-refractivity contribution < 1.29 is 4.79 Å². The highest BCUT2D eigenvalue weighted by Crippen LogP contribution is 2.31. The number of fused-ring (bicyclic) bond motifs is 3. The molecule has 0 aliphatic carbocycles. The third-order valence-electron chi connectivity index (χ3n) is 4.33. The second-order valence-electron chi connectivity index (χ2n) is 5.80. The number of nitrogen functional groups attached to an aromatic ring is 1. The Morgan fingerprint density at radius 1 is 1.04 bits per heavy atom. The summed E-state index contributed by atoms with van der Waals surface area (Å²) in [6, 6.07) is 17.0. The quantitative estimate of drug-likeness (QED) is 0.684. The fourth-order valence-corrected chi connectivity index (χ4v) is 3.43. The summed E-state index contributed by atoms with van der Waals surface area (Å²) < 4.78 is 2.13. The van der Waals surface area contributed by atoms with Gasteiger partial charge < -0.3 is 15.2 Å². The van der Waals surface area contributed by atoms with Gasteiger partial charge in [0.1, 0.15) is 0 Å². The zero-order valence-corrected chi connectivity index (χ0v) is 13.7. The van der Waals surface area contributed by atoms with E-state index < -0.39 is 0 Å². The summed E-state index contributed by atoms with van der Waals surface area (Å²) in [6.45, 7) is 0.598. The van der Waals surface area contributed by atoms with Gasteiger partial charge in [0, 0.05) is 30.5 Å². The first kappa shape index (κ1) is 14.8. The van der Waals surface area contributed by atoms with E-state index in [9.17, 15) is 4.79 Å². The molecule has 2 aromatic carbocycles. The Labute approximate surface area is 145 Å². The molecule has 0 saturated heterocycles. The monoisotopic (exact) mass is 337 g/mol. The van der Waals surface area contributed by atoms with Crippen LogP contribution >= 0.6 is 11.6 Å². The number of rotatable bonds is 1. The van der Waals surface area contributed by atoms with Crippen LogP contribution < -0.4 is 10.6 Å². The maximum Gasteiger partial charge on any atom is 0.259 e. The Morgan fingerprint density at radius 2 is 1.83 bits per heavy atom. The van der Waals surface area contributed by atoms with Crippen LogP contribution in [-0.4, -0.2) is 17.0 Å². The number of aromatic nitrogens is 1. The van der Waals surface area contributed by atoms with Crippen LogP contribution in [0.4, 0.5) is 11.4 Å². The van der Waals surface area contributed by atoms with Crippen LogP contribution in [0.25, 0.3) is 5.69 Å². The number of para-hydroxylation sites is 2. The van der Waals surface area contributed by atoms with Crippen molar-refractivity contribution in [2.45, 2.75) is 6.42 Å². The lowest BCUT2D eigenvalue weighted by atomic mass is 10.1. The van der Waals surface area contributed by atoms with Crippen molar-refractivity contribution >= 4 is 28.9 Å². The van der Waals surface area contributed by atoms with E-state index in [0.29, 0.717) is 22.8 Å². The van der Waals surface area contributed by atoms with Crippen molar-refractivity contribution in [3.05, 3.63) is 77.1 Å². The fraction of sp³-hybridized carbons (Fsp3) is 0.105. The number of carbonyl (C=O) groups is 1. The van der Waals surface area contributed by atoms with E-state index in [-0.39, 0.29) is 5.91 Å². The minimum absolute atomic E-state index is 0.113. The molecule has 2 N–H and O–H groups in total. The molecular formula is C19H16ClN3O. The summed E-state index contributed by atoms with van der Waals surface area (Å²) >= 11 is 6.25. The molecule has 5 heteroatoms. The highest BCUT2D eigenvalue weighted by Gasteiger charge is 2.25. The molecule has 1 aromatic heterocycles. The zero-order valence-electron chi connectivity index (χ0n) is 12.9. The molecular weight excluding hydrogens is 322 g/mol. The van der Waals surface area contributed by atoms with Crippen molar-refractivity contribution in [2.24, 2.45) is 0 Å². The molecule has 0 saturated carbocycles. The molecule has 2 heterocycles. The number of nitrogens with two attached hydrogens (primary N) is 1. The molecule has 0 fully saturated rings. The molecule has 4 nitrogen and oxygen atoms in total. The van der Waals surface area contributed by atoms with Gasteiger partial charge >= 0.3 is 0 Å². The molecule has 0 radical (unpaired) electrons. The van der Waals surface area contributed by atoms with Gasteiger partial charge in [-0.2, -0.15) is 0 Å². The van der Waals surface area contributed by atoms with Crippen LogP contribution in [0.15, 0.2) is 60.8 Å². The van der Waals surface area contributed by atoms with Gasteiger partial charge in [0.2, 0.25) is 0 Å². The molecule has 120 valence electrons. The van der Waals surface area contributed by atoms with Crippen molar-refractivity contribution in [3.8, 4) is 5.69 Å². The van der Waals surface area contributed by atoms with E-state index in [1.54, 1.807) is 23.1 Å². The van der Waals surface area contributed by atoms with Crippen molar-refractivity contribution in [1.82, 2.24) is 4.57 Å². The summed E-state index contributed by atoms with van der Waals surface area (Å²) in [4.78, 5) is 14.9. The molecule has 1 amide bonds. The van der Waals surface area contributed by atoms with E-state index in [2.05, 4.69) is 10.6 Å². The smallest absolute Gasteiger partial charge is 0.259 e. The van der Waals surface area contributed by atoms with Crippen molar-refractivity contribution in [2.75, 3.05) is 17.2 Å². The second-order valence-corrected chi connectivity index (χ2v) is 6.21. The average molecular weight is 338 g/mol. The molecule has 0 bridgehead atoms. The second kappa shape index (κ2) is 5.73. The lowest BCUT2D eigenvalue weighted by Gasteiger charge is -2.23. The average Bonchev–Trinajstić information content (AvgIpc) is 2.98. The lowest BCUT2D eigenvalue weighted by Crippen LogP contribution is -2.32. The Kier molecular flexibility index (Phi) is 3.54. The first-order valence-electron chi connectivity index (χ1n) is 7.77. The topological polar surface area (TPSA) is 51.3 Å². The molecule has 0 unspecified atom stereocenters. The van der Waals surface area contributed by atoms with Crippen LogP contribution in [0, 0.1) is 0 Å². The van der Waals surface area contributed by atoms with Gasteiger partial charge in [0.25, 0.3) is 5.91 Å². The molecule has 1 aliphatic heterocycles. The summed E-state index contributed by atoms with van der Waals surface area (Å²) in [7, 11) is 0. The molecule has 3 aromatic rings. The summed E-state index contributed by atoms with van der Waals surface area (Å²) in [5.41, 5.74) is 9.81. The van der Waals surface area contributed by atoms with E-state index >= 15 is 0 Å². The predicted molar refractivity (Wildman–Crippen MR) is 97.0 cm³/mol. The summed E-state index contributed by atoms with van der Waals surface area (Å²) in [6.07, 6.45) is 2.80. The molecule has 0 spiro atoms. The Bertz CT molecular complexity index is 932. The van der Waals surface area contributed by atoms with Crippen LogP contribution in [0.1, 0.15) is 16.1 Å². The van der Waals surface area contributed by atoms with E-state index in [1.807, 2.05) is 36.5 Å². The molecule has 24 heavy (non-hydrogen) atoms. The van der Waals surface area contributed by atoms with Crippen LogP contribution in [-0.2, 0) is 6.42 Å². The van der Waals surface area contributed by atoms with Gasteiger partial charge in [-0.25, -0.2) is 0 Å². The number of benzene rings is 2. The normalized spacial score (nSPS) is 13.1. The van der Waals surface area contributed by atoms with Gasteiger partial charge in [-0.1, -0.05) is 23.7 Å². The number of nitrogens with zero attached hydrogens (tertiary/aromatic N) is 2. The molecule has 4 rings (SSSR count). The third-order valence-corrected chi connectivity index (χ3v) is 4.64. The number of anilines is 2. The van der Waals surface area contributed by atoms with Gasteiger partial charge in [0.05, 0.1) is 22.0 Å². The third kappa shape index (κ3) is 2.36. The Hall–Kier alpha value is -2.72. The summed E-state index contributed by atoms with van der Waals surface area (Å²) in [5, 5.41) is 0.376. The summed E-state index contributed by atoms with van der Waals surface area (Å²) in [5.74, 6) is -0.113. The van der Waals surface area contributed by atoms with Gasteiger partial charge in [-0.05, 0) is 42.5 Å². The standard InChI is InChI=1S/C19H16ClN3O/c20-16-12-13(21)7-8-15(16)19(24)23-11-9-14-4-3-10-22(14)17-5-1-2-6-18(17)23/h1-8,10,12H,9,11,21H2. The van der Waals surface area contributed by atoms with Gasteiger partial charge in [0.15, 0.2) is 0 Å². The van der Waals surface area contributed by atoms with Crippen LogP contribution in [0.3, 0.4) is 0 Å². The maximum absolute atomic E-state index is 13.1. The largest absolute Gasteiger partial charge is 0.399 e. The predicted octanol–water partition coefficient (Wildman–Crippen LogP) is 3.92. The maximum atomic E-state index is 13.1. The Balaban J connectivity index is 1.82. The first-order valence-corrected chi connectivity index (χ1v) is 8.15. The minimum Gasteiger partial charge on any atom is -0.399 e. The van der Waals surface area contributed by atoms with Crippen molar-refractivity contribution in [3.63, 3.8) is 0 Å². The molecule has 0 atom stereocenters. The van der Waals surface area contributed by atoms with Crippen LogP contribution in [0.2, 0.25) is 5.02 Å². The number of amides is 1.